The van der Waals surface area contributed by atoms with Gasteiger partial charge in [-0.15, -0.1) is 0 Å². The molecule has 26 heavy (non-hydrogen) atoms. The molecule has 0 atom stereocenters. The fourth-order valence-corrected chi connectivity index (χ4v) is 2.19. The smallest absolute Gasteiger partial charge is 0.319 e. The Hall–Kier alpha value is -3.49. The van der Waals surface area contributed by atoms with E-state index >= 15 is 0 Å². The number of nitrogens with zero attached hydrogens (tertiary/aromatic N) is 3. The molecule has 0 saturated heterocycles. The maximum atomic E-state index is 13.1. The lowest BCUT2D eigenvalue weighted by Crippen LogP contribution is -2.32. The van der Waals surface area contributed by atoms with Crippen LogP contribution in [-0.4, -0.2) is 33.7 Å². The van der Waals surface area contributed by atoms with Gasteiger partial charge >= 0.3 is 6.03 Å². The number of anilines is 2. The number of benzene rings is 1. The minimum Gasteiger partial charge on any atom is -0.368 e. The van der Waals surface area contributed by atoms with Gasteiger partial charge in [0.05, 0.1) is 0 Å². The van der Waals surface area contributed by atoms with Crippen LogP contribution in [0.25, 0.3) is 5.82 Å². The summed E-state index contributed by atoms with van der Waals surface area (Å²) in [7, 11) is 0. The van der Waals surface area contributed by atoms with Gasteiger partial charge < -0.3 is 20.5 Å². The third kappa shape index (κ3) is 4.53. The van der Waals surface area contributed by atoms with Crippen molar-refractivity contribution in [1.82, 2.24) is 19.9 Å². The molecule has 0 bridgehead atoms. The molecule has 3 rings (SSSR count). The van der Waals surface area contributed by atoms with Gasteiger partial charge in [-0.3, -0.25) is 0 Å². The molecule has 0 fully saturated rings. The van der Waals surface area contributed by atoms with Crippen molar-refractivity contribution in [2.24, 2.45) is 0 Å². The maximum absolute atomic E-state index is 13.1. The van der Waals surface area contributed by atoms with E-state index < -0.39 is 17.7 Å². The summed E-state index contributed by atoms with van der Waals surface area (Å²) in [4.78, 5) is 20.0. The van der Waals surface area contributed by atoms with E-state index in [1.54, 1.807) is 6.07 Å². The normalized spacial score (nSPS) is 10.4. The summed E-state index contributed by atoms with van der Waals surface area (Å²) in [5, 5.41) is 8.09. The Morgan fingerprint density at radius 2 is 1.85 bits per heavy atom. The van der Waals surface area contributed by atoms with Crippen molar-refractivity contribution >= 4 is 17.5 Å². The average molecular weight is 358 g/mol. The summed E-state index contributed by atoms with van der Waals surface area (Å²) in [5.41, 5.74) is 0.168. The predicted octanol–water partition coefficient (Wildman–Crippen LogP) is 2.78. The summed E-state index contributed by atoms with van der Waals surface area (Å²) in [5.74, 6) is -0.654. The molecular formula is C17H16F2N6O. The Bertz CT molecular complexity index is 885. The van der Waals surface area contributed by atoms with Crippen LogP contribution < -0.4 is 16.0 Å². The molecule has 2 amide bonds. The van der Waals surface area contributed by atoms with Gasteiger partial charge in [0.1, 0.15) is 18.0 Å². The van der Waals surface area contributed by atoms with Crippen molar-refractivity contribution < 1.29 is 13.6 Å². The summed E-state index contributed by atoms with van der Waals surface area (Å²) in [6, 6.07) is 8.19. The zero-order valence-electron chi connectivity index (χ0n) is 13.6. The minimum absolute atomic E-state index is 0.168. The van der Waals surface area contributed by atoms with Crippen LogP contribution in [0.2, 0.25) is 0 Å². The summed E-state index contributed by atoms with van der Waals surface area (Å²) in [6.45, 7) is 0.728. The van der Waals surface area contributed by atoms with Gasteiger partial charge in [-0.1, -0.05) is 0 Å². The number of aromatic nitrogens is 3. The first-order chi connectivity index (χ1) is 12.6. The van der Waals surface area contributed by atoms with Gasteiger partial charge in [-0.05, 0) is 24.3 Å². The van der Waals surface area contributed by atoms with Crippen LogP contribution in [0.1, 0.15) is 0 Å². The number of carbonyl (C=O) groups excluding carboxylic acids is 1. The van der Waals surface area contributed by atoms with Crippen LogP contribution in [0.15, 0.2) is 55.1 Å². The fraction of sp³-hybridized carbons (Fsp3) is 0.118. The van der Waals surface area contributed by atoms with Gasteiger partial charge in [0.15, 0.2) is 11.6 Å². The summed E-state index contributed by atoms with van der Waals surface area (Å²) < 4.78 is 27.8. The molecule has 0 aliphatic heterocycles. The molecule has 2 heterocycles. The third-order valence-corrected chi connectivity index (χ3v) is 3.42. The van der Waals surface area contributed by atoms with Gasteiger partial charge in [0.2, 0.25) is 0 Å². The van der Waals surface area contributed by atoms with Crippen LogP contribution in [0.3, 0.4) is 0 Å². The van der Waals surface area contributed by atoms with Crippen LogP contribution in [0.5, 0.6) is 0 Å². The van der Waals surface area contributed by atoms with E-state index in [9.17, 15) is 13.6 Å². The van der Waals surface area contributed by atoms with E-state index in [-0.39, 0.29) is 5.69 Å². The molecule has 1 aromatic carbocycles. The van der Waals surface area contributed by atoms with E-state index in [0.29, 0.717) is 18.9 Å². The number of hydrogen-bond acceptors (Lipinski definition) is 4. The molecule has 134 valence electrons. The van der Waals surface area contributed by atoms with E-state index in [4.69, 9.17) is 0 Å². The standard InChI is InChI=1S/C17H16F2N6O/c18-13-4-3-12(9-14(13)19)24-17(26)21-6-5-20-15-10-16(23-11-22-15)25-7-1-2-8-25/h1-4,7-11H,5-6H2,(H,20,22,23)(H2,21,24,26). The molecular weight excluding hydrogens is 342 g/mol. The third-order valence-electron chi connectivity index (χ3n) is 3.42. The highest BCUT2D eigenvalue weighted by Crippen LogP contribution is 2.12. The number of carbonyl (C=O) groups is 1. The van der Waals surface area contributed by atoms with E-state index in [0.717, 1.165) is 18.0 Å². The van der Waals surface area contributed by atoms with Gasteiger partial charge in [0, 0.05) is 43.3 Å². The molecule has 3 aromatic rings. The first-order valence-electron chi connectivity index (χ1n) is 7.81. The van der Waals surface area contributed by atoms with E-state index in [2.05, 4.69) is 25.9 Å². The topological polar surface area (TPSA) is 83.9 Å². The van der Waals surface area contributed by atoms with Gasteiger partial charge in [-0.2, -0.15) is 0 Å². The highest BCUT2D eigenvalue weighted by Gasteiger charge is 2.06. The Kier molecular flexibility index (Phi) is 5.37. The number of halogens is 2. The Balaban J connectivity index is 1.44. The lowest BCUT2D eigenvalue weighted by Gasteiger charge is -2.10. The van der Waals surface area contributed by atoms with Crippen LogP contribution >= 0.6 is 0 Å². The molecule has 0 unspecified atom stereocenters. The molecule has 3 N–H and O–H groups in total. The SMILES string of the molecule is O=C(NCCNc1cc(-n2cccc2)ncn1)Nc1ccc(F)c(F)c1. The Labute approximate surface area is 148 Å². The Morgan fingerprint density at radius 3 is 2.62 bits per heavy atom. The van der Waals surface area contributed by atoms with Crippen molar-refractivity contribution in [2.75, 3.05) is 23.7 Å². The first-order valence-corrected chi connectivity index (χ1v) is 7.81. The fourth-order valence-electron chi connectivity index (χ4n) is 2.19. The zero-order chi connectivity index (χ0) is 18.4. The van der Waals surface area contributed by atoms with Crippen LogP contribution in [0, 0.1) is 11.6 Å². The van der Waals surface area contributed by atoms with Crippen molar-refractivity contribution in [3.05, 3.63) is 66.8 Å². The lowest BCUT2D eigenvalue weighted by molar-refractivity contribution is 0.252. The summed E-state index contributed by atoms with van der Waals surface area (Å²) >= 11 is 0. The molecule has 2 aromatic heterocycles. The quantitative estimate of drug-likeness (QED) is 0.592. The zero-order valence-corrected chi connectivity index (χ0v) is 13.6. The number of rotatable bonds is 6. The van der Waals surface area contributed by atoms with Crippen LogP contribution in [0.4, 0.5) is 25.1 Å². The first kappa shape index (κ1) is 17.3. The highest BCUT2D eigenvalue weighted by atomic mass is 19.2. The molecule has 0 radical (unpaired) electrons. The van der Waals surface area contributed by atoms with E-state index in [1.165, 1.54) is 12.4 Å². The number of hydrogen-bond donors (Lipinski definition) is 3. The molecule has 0 saturated carbocycles. The largest absolute Gasteiger partial charge is 0.368 e. The lowest BCUT2D eigenvalue weighted by atomic mass is 10.3. The van der Waals surface area contributed by atoms with Crippen molar-refractivity contribution in [3.8, 4) is 5.82 Å². The second-order valence-corrected chi connectivity index (χ2v) is 5.29. The minimum atomic E-state index is -1.02. The van der Waals surface area contributed by atoms with Crippen molar-refractivity contribution in [2.45, 2.75) is 0 Å². The molecule has 0 aliphatic rings. The van der Waals surface area contributed by atoms with Crippen molar-refractivity contribution in [1.29, 1.82) is 0 Å². The highest BCUT2D eigenvalue weighted by molar-refractivity contribution is 5.89. The van der Waals surface area contributed by atoms with Crippen LogP contribution in [-0.2, 0) is 0 Å². The van der Waals surface area contributed by atoms with Gasteiger partial charge in [-0.25, -0.2) is 23.5 Å². The average Bonchev–Trinajstić information content (AvgIpc) is 3.17. The monoisotopic (exact) mass is 358 g/mol. The second kappa shape index (κ2) is 8.06. The van der Waals surface area contributed by atoms with Crippen molar-refractivity contribution in [3.63, 3.8) is 0 Å². The number of urea groups is 1. The van der Waals surface area contributed by atoms with Gasteiger partial charge in [0.25, 0.3) is 0 Å². The second-order valence-electron chi connectivity index (χ2n) is 5.29. The summed E-state index contributed by atoms with van der Waals surface area (Å²) in [6.07, 6.45) is 5.19. The van der Waals surface area contributed by atoms with E-state index in [1.807, 2.05) is 29.1 Å². The Morgan fingerprint density at radius 1 is 1.04 bits per heavy atom. The maximum Gasteiger partial charge on any atom is 0.319 e. The predicted molar refractivity (Wildman–Crippen MR) is 93.2 cm³/mol. The molecule has 7 nitrogen and oxygen atoms in total. The number of nitrogens with one attached hydrogen (secondary N) is 3. The molecule has 9 heteroatoms. The molecule has 0 spiro atoms. The number of amides is 2. The molecule has 0 aliphatic carbocycles.